The van der Waals surface area contributed by atoms with Crippen LogP contribution in [0.5, 0.6) is 0 Å². The minimum atomic E-state index is 0.615. The molecule has 0 aliphatic carbocycles. The third-order valence-corrected chi connectivity index (χ3v) is 13.2. The second-order valence-electron chi connectivity index (χ2n) is 15.5. The van der Waals surface area contributed by atoms with E-state index in [2.05, 4.69) is 158 Å². The lowest BCUT2D eigenvalue weighted by Gasteiger charge is -2.12. The van der Waals surface area contributed by atoms with Gasteiger partial charge >= 0.3 is 0 Å². The van der Waals surface area contributed by atoms with E-state index in [9.17, 15) is 0 Å². The van der Waals surface area contributed by atoms with Crippen LogP contribution in [0.1, 0.15) is 0 Å². The minimum Gasteiger partial charge on any atom is -0.456 e. The zero-order chi connectivity index (χ0) is 40.0. The minimum absolute atomic E-state index is 0.615. The maximum Gasteiger partial charge on any atom is 0.165 e. The zero-order valence-corrected chi connectivity index (χ0v) is 33.3. The second-order valence-corrected chi connectivity index (χ2v) is 16.6. The van der Waals surface area contributed by atoms with Crippen LogP contribution in [0.25, 0.3) is 131 Å². The monoisotopic (exact) mass is 797 g/mol. The topological polar surface area (TPSA) is 65.0 Å². The molecule has 4 heterocycles. The Morgan fingerprint density at radius 1 is 0.328 bits per heavy atom. The van der Waals surface area contributed by atoms with E-state index in [4.69, 9.17) is 23.8 Å². The van der Waals surface area contributed by atoms with Gasteiger partial charge in [-0.3, -0.25) is 0 Å². The molecule has 0 aliphatic heterocycles. The highest BCUT2D eigenvalue weighted by molar-refractivity contribution is 7.26. The van der Waals surface area contributed by atoms with E-state index in [-0.39, 0.29) is 0 Å². The van der Waals surface area contributed by atoms with E-state index in [1.807, 2.05) is 30.3 Å². The molecule has 9 aromatic carbocycles. The molecule has 5 nitrogen and oxygen atoms in total. The van der Waals surface area contributed by atoms with Crippen molar-refractivity contribution in [3.63, 3.8) is 0 Å². The van der Waals surface area contributed by atoms with Crippen LogP contribution in [0.3, 0.4) is 0 Å². The van der Waals surface area contributed by atoms with Crippen molar-refractivity contribution in [2.45, 2.75) is 0 Å². The van der Waals surface area contributed by atoms with Gasteiger partial charge in [-0.15, -0.1) is 11.3 Å². The van der Waals surface area contributed by atoms with Crippen molar-refractivity contribution in [2.75, 3.05) is 0 Å². The number of nitrogens with zero attached hydrogens (tertiary/aromatic N) is 3. The van der Waals surface area contributed by atoms with Crippen molar-refractivity contribution >= 4 is 86.2 Å². The van der Waals surface area contributed by atoms with Crippen molar-refractivity contribution in [1.29, 1.82) is 0 Å². The number of fused-ring (bicyclic) bond motifs is 10. The third-order valence-electron chi connectivity index (χ3n) is 11.9. The van der Waals surface area contributed by atoms with Gasteiger partial charge in [0, 0.05) is 58.4 Å². The Kier molecular flexibility index (Phi) is 7.41. The normalized spacial score (nSPS) is 11.9. The molecule has 0 saturated carbocycles. The Labute approximate surface area is 352 Å². The summed E-state index contributed by atoms with van der Waals surface area (Å²) in [5, 5.41) is 9.08. The summed E-state index contributed by atoms with van der Waals surface area (Å²) in [6, 6.07) is 65.6. The van der Waals surface area contributed by atoms with Crippen molar-refractivity contribution in [3.05, 3.63) is 188 Å². The van der Waals surface area contributed by atoms with Crippen LogP contribution in [0.15, 0.2) is 197 Å². The molecule has 4 aromatic heterocycles. The quantitative estimate of drug-likeness (QED) is 0.174. The van der Waals surface area contributed by atoms with Crippen molar-refractivity contribution in [2.24, 2.45) is 0 Å². The fourth-order valence-electron chi connectivity index (χ4n) is 9.06. The predicted octanol–water partition coefficient (Wildman–Crippen LogP) is 15.5. The summed E-state index contributed by atoms with van der Waals surface area (Å²) in [6.45, 7) is 0. The zero-order valence-electron chi connectivity index (χ0n) is 32.5. The molecule has 0 saturated heterocycles. The largest absolute Gasteiger partial charge is 0.456 e. The van der Waals surface area contributed by atoms with Gasteiger partial charge in [0.05, 0.1) is 0 Å². The van der Waals surface area contributed by atoms with E-state index in [0.717, 1.165) is 92.9 Å². The molecule has 0 amide bonds. The molecule has 6 heteroatoms. The van der Waals surface area contributed by atoms with Gasteiger partial charge in [-0.25, -0.2) is 15.0 Å². The molecule has 0 unspecified atom stereocenters. The summed E-state index contributed by atoms with van der Waals surface area (Å²) in [5.41, 5.74) is 10.5. The van der Waals surface area contributed by atoms with E-state index < -0.39 is 0 Å². The molecule has 13 rings (SSSR count). The Balaban J connectivity index is 0.991. The van der Waals surface area contributed by atoms with E-state index in [0.29, 0.717) is 17.5 Å². The van der Waals surface area contributed by atoms with Crippen molar-refractivity contribution in [1.82, 2.24) is 15.0 Å². The average Bonchev–Trinajstić information content (AvgIpc) is 4.02. The fraction of sp³-hybridized carbons (Fsp3) is 0. The first-order valence-electron chi connectivity index (χ1n) is 20.3. The summed E-state index contributed by atoms with van der Waals surface area (Å²) < 4.78 is 15.3. The van der Waals surface area contributed by atoms with Crippen LogP contribution in [0, 0.1) is 0 Å². The van der Waals surface area contributed by atoms with Gasteiger partial charge < -0.3 is 8.83 Å². The van der Waals surface area contributed by atoms with Crippen LogP contribution in [0.4, 0.5) is 0 Å². The maximum atomic E-state index is 6.59. The van der Waals surface area contributed by atoms with E-state index in [1.54, 1.807) is 11.3 Å². The highest BCUT2D eigenvalue weighted by Gasteiger charge is 2.20. The van der Waals surface area contributed by atoms with Crippen LogP contribution in [-0.4, -0.2) is 15.0 Å². The number of benzene rings is 9. The Morgan fingerprint density at radius 2 is 0.902 bits per heavy atom. The molecular formula is C55H31N3O2S. The molecule has 0 aliphatic rings. The van der Waals surface area contributed by atoms with Crippen LogP contribution in [0.2, 0.25) is 0 Å². The molecule has 0 N–H and O–H groups in total. The molecule has 0 fully saturated rings. The highest BCUT2D eigenvalue weighted by Crippen LogP contribution is 2.44. The standard InChI is InChI=1S/C55H31N3O2S/c1-2-12-35-29-36(28-23-32(35)11-1)54-56-53(57-55(58-54)43-18-9-17-40-39-13-5-8-22-49(39)61-52(40)43)34-26-24-33(25-27-34)44-30-37(31-48-51(44)42-15-4-7-20-46(42)60-48)38-16-10-21-47-50(38)41-14-3-6-19-45(41)59-47/h1-31H. The van der Waals surface area contributed by atoms with Gasteiger partial charge in [-0.05, 0) is 81.6 Å². The summed E-state index contributed by atoms with van der Waals surface area (Å²) >= 11 is 1.78. The van der Waals surface area contributed by atoms with E-state index in [1.165, 1.54) is 20.9 Å². The molecular weight excluding hydrogens is 767 g/mol. The third kappa shape index (κ3) is 5.43. The van der Waals surface area contributed by atoms with E-state index >= 15 is 0 Å². The fourth-order valence-corrected chi connectivity index (χ4v) is 10.3. The number of para-hydroxylation sites is 2. The summed E-state index contributed by atoms with van der Waals surface area (Å²) in [4.78, 5) is 15.6. The molecule has 0 atom stereocenters. The first-order chi connectivity index (χ1) is 30.2. The summed E-state index contributed by atoms with van der Waals surface area (Å²) in [6.07, 6.45) is 0. The second kappa shape index (κ2) is 13.3. The number of rotatable bonds is 5. The molecule has 13 aromatic rings. The highest BCUT2D eigenvalue weighted by atomic mass is 32.1. The number of hydrogen-bond donors (Lipinski definition) is 0. The summed E-state index contributed by atoms with van der Waals surface area (Å²) in [5.74, 6) is 1.90. The van der Waals surface area contributed by atoms with Gasteiger partial charge in [0.1, 0.15) is 22.3 Å². The lowest BCUT2D eigenvalue weighted by molar-refractivity contribution is 0.668. The Bertz CT molecular complexity index is 3900. The lowest BCUT2D eigenvalue weighted by atomic mass is 9.92. The molecule has 0 radical (unpaired) electrons. The predicted molar refractivity (Wildman–Crippen MR) is 252 cm³/mol. The van der Waals surface area contributed by atoms with Gasteiger partial charge in [0.25, 0.3) is 0 Å². The molecule has 0 spiro atoms. The van der Waals surface area contributed by atoms with Crippen molar-refractivity contribution in [3.8, 4) is 56.4 Å². The molecule has 284 valence electrons. The van der Waals surface area contributed by atoms with Gasteiger partial charge in [-0.2, -0.15) is 0 Å². The van der Waals surface area contributed by atoms with Crippen molar-refractivity contribution < 1.29 is 8.83 Å². The molecule has 61 heavy (non-hydrogen) atoms. The number of hydrogen-bond acceptors (Lipinski definition) is 6. The van der Waals surface area contributed by atoms with Crippen LogP contribution >= 0.6 is 11.3 Å². The molecule has 0 bridgehead atoms. The SMILES string of the molecule is c1ccc2cc(-c3nc(-c4ccc(-c5cc(-c6cccc7oc8ccccc8c67)cc6oc7ccccc7c56)cc4)nc(-c4cccc5c4sc4ccccc45)n3)ccc2c1. The summed E-state index contributed by atoms with van der Waals surface area (Å²) in [7, 11) is 0. The Hall–Kier alpha value is -7.93. The van der Waals surface area contributed by atoms with Crippen LogP contribution < -0.4 is 0 Å². The lowest BCUT2D eigenvalue weighted by Crippen LogP contribution is -2.00. The first-order valence-corrected chi connectivity index (χ1v) is 21.1. The van der Waals surface area contributed by atoms with Gasteiger partial charge in [0.2, 0.25) is 0 Å². The first kappa shape index (κ1) is 34.0. The van der Waals surface area contributed by atoms with Gasteiger partial charge in [0.15, 0.2) is 17.5 Å². The number of thiophene rings is 1. The smallest absolute Gasteiger partial charge is 0.165 e. The van der Waals surface area contributed by atoms with Crippen LogP contribution in [-0.2, 0) is 0 Å². The van der Waals surface area contributed by atoms with Gasteiger partial charge in [-0.1, -0.05) is 140 Å². The number of aromatic nitrogens is 3. The maximum absolute atomic E-state index is 6.59. The average molecular weight is 798 g/mol. The number of furan rings is 2. The Morgan fingerprint density at radius 3 is 1.72 bits per heavy atom.